The molecule has 122 valence electrons. The quantitative estimate of drug-likeness (QED) is 0.169. The van der Waals surface area contributed by atoms with Gasteiger partial charge in [-0.25, -0.2) is 0 Å². The molecule has 0 saturated carbocycles. The summed E-state index contributed by atoms with van der Waals surface area (Å²) in [5.74, 6) is 0. The first-order valence-corrected chi connectivity index (χ1v) is 8.68. The van der Waals surface area contributed by atoms with E-state index in [1.54, 1.807) is 0 Å². The molecule has 0 saturated heterocycles. The lowest BCUT2D eigenvalue weighted by Crippen LogP contribution is -1.99. The van der Waals surface area contributed by atoms with Gasteiger partial charge in [-0.1, -0.05) is 69.8 Å². The Bertz CT molecular complexity index is 308. The van der Waals surface area contributed by atoms with E-state index in [2.05, 4.69) is 32.1 Å². The molecular weight excluding hydrogens is 262 g/mol. The Morgan fingerprint density at radius 2 is 1.71 bits per heavy atom. The Kier molecular flexibility index (Phi) is 14.5. The van der Waals surface area contributed by atoms with E-state index in [4.69, 9.17) is 0 Å². The van der Waals surface area contributed by atoms with Crippen LogP contribution < -0.4 is 0 Å². The average Bonchev–Trinajstić information content (AvgIpc) is 2.45. The second-order valence-corrected chi connectivity index (χ2v) is 5.66. The van der Waals surface area contributed by atoms with Crippen molar-refractivity contribution in [3.8, 4) is 0 Å². The maximum Gasteiger partial charge on any atom is 0.203 e. The SMILES string of the molecule is CC/C=C(\C=C/CCCC[N+](=O)[O-])CCCCCCCC. The van der Waals surface area contributed by atoms with Crippen LogP contribution in [0.15, 0.2) is 23.8 Å². The van der Waals surface area contributed by atoms with Gasteiger partial charge in [0.2, 0.25) is 6.54 Å². The molecule has 0 rings (SSSR count). The van der Waals surface area contributed by atoms with Crippen molar-refractivity contribution in [2.75, 3.05) is 6.54 Å². The fourth-order valence-corrected chi connectivity index (χ4v) is 2.36. The van der Waals surface area contributed by atoms with Gasteiger partial charge < -0.3 is 0 Å². The van der Waals surface area contributed by atoms with Crippen molar-refractivity contribution in [2.24, 2.45) is 0 Å². The van der Waals surface area contributed by atoms with Gasteiger partial charge in [-0.15, -0.1) is 0 Å². The van der Waals surface area contributed by atoms with Crippen LogP contribution in [0.4, 0.5) is 0 Å². The van der Waals surface area contributed by atoms with Gasteiger partial charge in [-0.2, -0.15) is 0 Å². The standard InChI is InChI=1S/C18H33NO2/c1-3-5-6-7-8-11-15-18(14-4-2)16-12-9-10-13-17-19(20)21/h12,14,16H,3-11,13,15,17H2,1-2H3/b16-12-,18-14-. The van der Waals surface area contributed by atoms with Gasteiger partial charge in [0.05, 0.1) is 0 Å². The summed E-state index contributed by atoms with van der Waals surface area (Å²) < 4.78 is 0. The van der Waals surface area contributed by atoms with Crippen LogP contribution in [0.25, 0.3) is 0 Å². The van der Waals surface area contributed by atoms with E-state index in [0.717, 1.165) is 19.3 Å². The fraction of sp³-hybridized carbons (Fsp3) is 0.778. The van der Waals surface area contributed by atoms with E-state index >= 15 is 0 Å². The Balaban J connectivity index is 3.76. The molecule has 3 heteroatoms. The summed E-state index contributed by atoms with van der Waals surface area (Å²) in [6.45, 7) is 4.52. The van der Waals surface area contributed by atoms with Crippen LogP contribution in [0.1, 0.15) is 84.5 Å². The minimum atomic E-state index is -0.231. The van der Waals surface area contributed by atoms with E-state index in [1.807, 2.05) is 0 Å². The first-order valence-electron chi connectivity index (χ1n) is 8.68. The molecule has 0 spiro atoms. The highest BCUT2D eigenvalue weighted by molar-refractivity contribution is 5.18. The molecule has 0 N–H and O–H groups in total. The molecule has 0 aromatic heterocycles. The monoisotopic (exact) mass is 295 g/mol. The Hall–Kier alpha value is -1.12. The molecule has 0 aliphatic rings. The third-order valence-corrected chi connectivity index (χ3v) is 3.58. The van der Waals surface area contributed by atoms with Crippen LogP contribution in [0.2, 0.25) is 0 Å². The molecule has 0 fully saturated rings. The summed E-state index contributed by atoms with van der Waals surface area (Å²) in [5, 5.41) is 10.2. The van der Waals surface area contributed by atoms with Crippen molar-refractivity contribution in [1.82, 2.24) is 0 Å². The van der Waals surface area contributed by atoms with Crippen molar-refractivity contribution >= 4 is 0 Å². The van der Waals surface area contributed by atoms with Crippen LogP contribution in [-0.4, -0.2) is 11.5 Å². The zero-order valence-corrected chi connectivity index (χ0v) is 14.0. The minimum absolute atomic E-state index is 0.100. The van der Waals surface area contributed by atoms with E-state index < -0.39 is 0 Å². The Morgan fingerprint density at radius 3 is 2.38 bits per heavy atom. The number of hydrogen-bond donors (Lipinski definition) is 0. The molecule has 0 aromatic rings. The second-order valence-electron chi connectivity index (χ2n) is 5.66. The van der Waals surface area contributed by atoms with Crippen LogP contribution >= 0.6 is 0 Å². The van der Waals surface area contributed by atoms with Gasteiger partial charge in [0.15, 0.2) is 0 Å². The lowest BCUT2D eigenvalue weighted by molar-refractivity contribution is -0.480. The Morgan fingerprint density at radius 1 is 1.00 bits per heavy atom. The predicted octanol–water partition coefficient (Wildman–Crippen LogP) is 6.08. The van der Waals surface area contributed by atoms with E-state index in [0.29, 0.717) is 6.42 Å². The van der Waals surface area contributed by atoms with Gasteiger partial charge in [-0.05, 0) is 32.1 Å². The molecule has 0 atom stereocenters. The lowest BCUT2D eigenvalue weighted by Gasteiger charge is -2.03. The number of nitro groups is 1. The van der Waals surface area contributed by atoms with Crippen molar-refractivity contribution in [3.05, 3.63) is 33.9 Å². The molecule has 0 radical (unpaired) electrons. The van der Waals surface area contributed by atoms with Gasteiger partial charge in [0, 0.05) is 11.3 Å². The topological polar surface area (TPSA) is 43.1 Å². The van der Waals surface area contributed by atoms with E-state index in [-0.39, 0.29) is 11.5 Å². The largest absolute Gasteiger partial charge is 0.265 e. The molecule has 3 nitrogen and oxygen atoms in total. The molecule has 0 aliphatic heterocycles. The number of nitrogens with zero attached hydrogens (tertiary/aromatic N) is 1. The molecule has 0 amide bonds. The average molecular weight is 295 g/mol. The minimum Gasteiger partial charge on any atom is -0.265 e. The molecule has 0 bridgehead atoms. The van der Waals surface area contributed by atoms with Crippen molar-refractivity contribution in [2.45, 2.75) is 84.5 Å². The zero-order chi connectivity index (χ0) is 15.8. The summed E-state index contributed by atoms with van der Waals surface area (Å²) in [6, 6.07) is 0. The maximum atomic E-state index is 10.2. The highest BCUT2D eigenvalue weighted by atomic mass is 16.6. The number of rotatable bonds is 14. The van der Waals surface area contributed by atoms with E-state index in [9.17, 15) is 10.1 Å². The van der Waals surface area contributed by atoms with Crippen molar-refractivity contribution in [3.63, 3.8) is 0 Å². The number of unbranched alkanes of at least 4 members (excludes halogenated alkanes) is 7. The second kappa shape index (κ2) is 15.3. The number of allylic oxidation sites excluding steroid dienone is 4. The molecular formula is C18H33NO2. The fourth-order valence-electron chi connectivity index (χ4n) is 2.36. The summed E-state index contributed by atoms with van der Waals surface area (Å²) in [7, 11) is 0. The highest BCUT2D eigenvalue weighted by Gasteiger charge is 1.96. The van der Waals surface area contributed by atoms with Crippen molar-refractivity contribution in [1.29, 1.82) is 0 Å². The third kappa shape index (κ3) is 15.1. The first-order chi connectivity index (χ1) is 10.2. The van der Waals surface area contributed by atoms with Crippen molar-refractivity contribution < 1.29 is 4.92 Å². The summed E-state index contributed by atoms with van der Waals surface area (Å²) >= 11 is 0. The molecule has 0 heterocycles. The first kappa shape index (κ1) is 19.9. The normalized spacial score (nSPS) is 12.2. The predicted molar refractivity (Wildman–Crippen MR) is 91.2 cm³/mol. The molecule has 21 heavy (non-hydrogen) atoms. The highest BCUT2D eigenvalue weighted by Crippen LogP contribution is 2.14. The van der Waals surface area contributed by atoms with Gasteiger partial charge in [0.25, 0.3) is 0 Å². The Labute approximate surface area is 130 Å². The number of hydrogen-bond acceptors (Lipinski definition) is 2. The lowest BCUT2D eigenvalue weighted by atomic mass is 10.0. The van der Waals surface area contributed by atoms with Gasteiger partial charge in [-0.3, -0.25) is 10.1 Å². The zero-order valence-electron chi connectivity index (χ0n) is 14.0. The smallest absolute Gasteiger partial charge is 0.203 e. The van der Waals surface area contributed by atoms with Crippen LogP contribution in [0.5, 0.6) is 0 Å². The van der Waals surface area contributed by atoms with Crippen LogP contribution in [0, 0.1) is 10.1 Å². The van der Waals surface area contributed by atoms with Crippen LogP contribution in [-0.2, 0) is 0 Å². The molecule has 0 aliphatic carbocycles. The van der Waals surface area contributed by atoms with Gasteiger partial charge in [0.1, 0.15) is 0 Å². The molecule has 0 unspecified atom stereocenters. The maximum absolute atomic E-state index is 10.2. The summed E-state index contributed by atoms with van der Waals surface area (Å²) in [6.07, 6.45) is 19.5. The van der Waals surface area contributed by atoms with E-state index in [1.165, 1.54) is 50.5 Å². The van der Waals surface area contributed by atoms with Gasteiger partial charge >= 0.3 is 0 Å². The summed E-state index contributed by atoms with van der Waals surface area (Å²) in [4.78, 5) is 9.98. The third-order valence-electron chi connectivity index (χ3n) is 3.58. The summed E-state index contributed by atoms with van der Waals surface area (Å²) in [5.41, 5.74) is 1.43. The molecule has 0 aromatic carbocycles. The van der Waals surface area contributed by atoms with Crippen LogP contribution in [0.3, 0.4) is 0 Å².